The SMILES string of the molecule is C=C(SS)C(=O)OCCO. The average molecular weight is 180 g/mol. The Kier molecular flexibility index (Phi) is 5.57. The van der Waals surface area contributed by atoms with Crippen molar-refractivity contribution in [3.05, 3.63) is 11.5 Å². The summed E-state index contributed by atoms with van der Waals surface area (Å²) in [4.78, 5) is 10.8. The number of hydrogen-bond donors (Lipinski definition) is 2. The van der Waals surface area contributed by atoms with E-state index >= 15 is 0 Å². The van der Waals surface area contributed by atoms with Gasteiger partial charge in [0.15, 0.2) is 0 Å². The van der Waals surface area contributed by atoms with Crippen LogP contribution in [0.1, 0.15) is 0 Å². The Morgan fingerprint density at radius 3 is 2.80 bits per heavy atom. The normalized spacial score (nSPS) is 9.00. The summed E-state index contributed by atoms with van der Waals surface area (Å²) in [6.07, 6.45) is 0. The third-order valence-electron chi connectivity index (χ3n) is 0.662. The fourth-order valence-corrected chi connectivity index (χ4v) is 0.613. The van der Waals surface area contributed by atoms with Gasteiger partial charge in [-0.3, -0.25) is 0 Å². The smallest absolute Gasteiger partial charge is 0.344 e. The van der Waals surface area contributed by atoms with Crippen molar-refractivity contribution in [2.45, 2.75) is 0 Å². The van der Waals surface area contributed by atoms with Crippen LogP contribution in [-0.2, 0) is 9.53 Å². The first kappa shape index (κ1) is 9.87. The number of ether oxygens (including phenoxy) is 1. The fraction of sp³-hybridized carbons (Fsp3) is 0.400. The molecule has 0 aromatic carbocycles. The van der Waals surface area contributed by atoms with Crippen molar-refractivity contribution in [1.29, 1.82) is 0 Å². The molecule has 0 bridgehead atoms. The first-order valence-corrected chi connectivity index (χ1v) is 4.37. The van der Waals surface area contributed by atoms with Crippen LogP contribution in [0.15, 0.2) is 11.5 Å². The monoisotopic (exact) mass is 180 g/mol. The Bertz CT molecular complexity index is 135. The maximum atomic E-state index is 10.6. The lowest BCUT2D eigenvalue weighted by Gasteiger charge is -2.00. The molecular weight excluding hydrogens is 172 g/mol. The standard InChI is InChI=1S/C5H8O3S2/c1-4(10-9)5(7)8-3-2-6/h6,9H,1-3H2. The number of hydrogen-bond acceptors (Lipinski definition) is 5. The molecular formula is C5H8O3S2. The lowest BCUT2D eigenvalue weighted by atomic mass is 10.6. The van der Waals surface area contributed by atoms with Gasteiger partial charge in [0, 0.05) is 0 Å². The van der Waals surface area contributed by atoms with Crippen LogP contribution < -0.4 is 0 Å². The van der Waals surface area contributed by atoms with Crippen LogP contribution in [0.3, 0.4) is 0 Å². The highest BCUT2D eigenvalue weighted by molar-refractivity contribution is 8.70. The Morgan fingerprint density at radius 1 is 1.80 bits per heavy atom. The van der Waals surface area contributed by atoms with Crippen molar-refractivity contribution < 1.29 is 14.6 Å². The second-order valence-electron chi connectivity index (χ2n) is 1.37. The molecule has 0 fully saturated rings. The fourth-order valence-electron chi connectivity index (χ4n) is 0.256. The van der Waals surface area contributed by atoms with Crippen LogP contribution in [0, 0.1) is 0 Å². The number of thiol groups is 1. The molecule has 3 nitrogen and oxygen atoms in total. The van der Waals surface area contributed by atoms with E-state index in [2.05, 4.69) is 23.0 Å². The van der Waals surface area contributed by atoms with Crippen molar-refractivity contribution in [1.82, 2.24) is 0 Å². The first-order chi connectivity index (χ1) is 4.72. The molecule has 0 saturated heterocycles. The zero-order valence-electron chi connectivity index (χ0n) is 5.24. The van der Waals surface area contributed by atoms with E-state index in [4.69, 9.17) is 5.11 Å². The van der Waals surface area contributed by atoms with Crippen LogP contribution in [-0.4, -0.2) is 24.3 Å². The Hall–Kier alpha value is -0.130. The van der Waals surface area contributed by atoms with Gasteiger partial charge in [-0.2, -0.15) is 0 Å². The van der Waals surface area contributed by atoms with Gasteiger partial charge in [0.1, 0.15) is 6.61 Å². The molecule has 58 valence electrons. The van der Waals surface area contributed by atoms with Crippen LogP contribution in [0.5, 0.6) is 0 Å². The molecule has 0 radical (unpaired) electrons. The van der Waals surface area contributed by atoms with Crippen molar-refractivity contribution in [2.24, 2.45) is 0 Å². The van der Waals surface area contributed by atoms with Crippen LogP contribution in [0.2, 0.25) is 0 Å². The van der Waals surface area contributed by atoms with E-state index in [0.29, 0.717) is 0 Å². The van der Waals surface area contributed by atoms with E-state index < -0.39 is 5.97 Å². The minimum atomic E-state index is -0.533. The molecule has 0 heterocycles. The van der Waals surface area contributed by atoms with Gasteiger partial charge in [-0.15, -0.1) is 11.7 Å². The topological polar surface area (TPSA) is 46.5 Å². The molecule has 0 aliphatic heterocycles. The van der Waals surface area contributed by atoms with Gasteiger partial charge in [0.05, 0.1) is 11.5 Å². The number of esters is 1. The largest absolute Gasteiger partial charge is 0.459 e. The summed E-state index contributed by atoms with van der Waals surface area (Å²) < 4.78 is 4.49. The second-order valence-corrected chi connectivity index (χ2v) is 2.60. The van der Waals surface area contributed by atoms with E-state index in [1.807, 2.05) is 0 Å². The van der Waals surface area contributed by atoms with Gasteiger partial charge in [0.25, 0.3) is 0 Å². The van der Waals surface area contributed by atoms with Crippen LogP contribution in [0.25, 0.3) is 0 Å². The molecule has 0 aromatic heterocycles. The zero-order valence-corrected chi connectivity index (χ0v) is 6.95. The third kappa shape index (κ3) is 3.81. The van der Waals surface area contributed by atoms with Crippen molar-refractivity contribution in [2.75, 3.05) is 13.2 Å². The summed E-state index contributed by atoms with van der Waals surface area (Å²) in [5.74, 6) is -0.533. The first-order valence-electron chi connectivity index (χ1n) is 2.50. The molecule has 10 heavy (non-hydrogen) atoms. The zero-order chi connectivity index (χ0) is 7.98. The quantitative estimate of drug-likeness (QED) is 0.288. The highest BCUT2D eigenvalue weighted by atomic mass is 33.1. The Morgan fingerprint density at radius 2 is 2.40 bits per heavy atom. The minimum Gasteiger partial charge on any atom is -0.459 e. The predicted molar refractivity (Wildman–Crippen MR) is 43.8 cm³/mol. The maximum absolute atomic E-state index is 10.6. The summed E-state index contributed by atoms with van der Waals surface area (Å²) in [6.45, 7) is 3.19. The molecule has 1 N–H and O–H groups in total. The summed E-state index contributed by atoms with van der Waals surface area (Å²) in [5, 5.41) is 8.24. The Labute approximate surface area is 68.3 Å². The second kappa shape index (κ2) is 5.64. The van der Waals surface area contributed by atoms with E-state index in [0.717, 1.165) is 10.8 Å². The highest BCUT2D eigenvalue weighted by Crippen LogP contribution is 2.17. The Balaban J connectivity index is 3.52. The summed E-state index contributed by atoms with van der Waals surface area (Å²) in [6, 6.07) is 0. The third-order valence-corrected chi connectivity index (χ3v) is 1.71. The minimum absolute atomic E-state index is 0.00614. The van der Waals surface area contributed by atoms with Crippen molar-refractivity contribution >= 4 is 28.4 Å². The van der Waals surface area contributed by atoms with E-state index in [1.54, 1.807) is 0 Å². The van der Waals surface area contributed by atoms with Gasteiger partial charge in [-0.1, -0.05) is 17.4 Å². The summed E-state index contributed by atoms with van der Waals surface area (Å²) >= 11 is 3.73. The summed E-state index contributed by atoms with van der Waals surface area (Å²) in [5.41, 5.74) is 0. The van der Waals surface area contributed by atoms with Gasteiger partial charge in [-0.05, 0) is 0 Å². The summed E-state index contributed by atoms with van der Waals surface area (Å²) in [7, 11) is 0.927. The molecule has 0 saturated carbocycles. The number of rotatable bonds is 4. The molecule has 0 rings (SSSR count). The average Bonchev–Trinajstić information content (AvgIpc) is 1.98. The van der Waals surface area contributed by atoms with Gasteiger partial charge < -0.3 is 9.84 Å². The molecule has 0 aliphatic rings. The maximum Gasteiger partial charge on any atom is 0.344 e. The number of carbonyl (C=O) groups excluding carboxylic acids is 1. The molecule has 0 unspecified atom stereocenters. The molecule has 0 amide bonds. The number of carbonyl (C=O) groups is 1. The lowest BCUT2D eigenvalue weighted by molar-refractivity contribution is -0.139. The molecule has 5 heteroatoms. The predicted octanol–water partition coefficient (Wildman–Crippen LogP) is 0.614. The van der Waals surface area contributed by atoms with E-state index in [1.165, 1.54) is 0 Å². The lowest BCUT2D eigenvalue weighted by Crippen LogP contribution is -2.07. The van der Waals surface area contributed by atoms with Gasteiger partial charge in [0.2, 0.25) is 0 Å². The molecule has 0 aliphatic carbocycles. The number of aliphatic hydroxyl groups excluding tert-OH is 1. The van der Waals surface area contributed by atoms with Crippen LogP contribution in [0.4, 0.5) is 0 Å². The van der Waals surface area contributed by atoms with E-state index in [9.17, 15) is 4.79 Å². The van der Waals surface area contributed by atoms with Crippen molar-refractivity contribution in [3.63, 3.8) is 0 Å². The molecule has 0 aromatic rings. The molecule has 0 spiro atoms. The number of aliphatic hydroxyl groups is 1. The van der Waals surface area contributed by atoms with Crippen molar-refractivity contribution in [3.8, 4) is 0 Å². The van der Waals surface area contributed by atoms with Gasteiger partial charge >= 0.3 is 5.97 Å². The molecule has 0 atom stereocenters. The van der Waals surface area contributed by atoms with E-state index in [-0.39, 0.29) is 18.1 Å². The van der Waals surface area contributed by atoms with Gasteiger partial charge in [-0.25, -0.2) is 4.79 Å². The van der Waals surface area contributed by atoms with Crippen LogP contribution >= 0.6 is 22.5 Å². The highest BCUT2D eigenvalue weighted by Gasteiger charge is 2.05.